The van der Waals surface area contributed by atoms with E-state index < -0.39 is 0 Å². The SMILES string of the molecule is O=C1CN(C(=O)OCc2ccccc2)C2(CCC2)C1. The predicted molar refractivity (Wildman–Crippen MR) is 69.5 cm³/mol. The van der Waals surface area contributed by atoms with Crippen molar-refractivity contribution in [3.8, 4) is 0 Å². The molecule has 0 bridgehead atoms. The summed E-state index contributed by atoms with van der Waals surface area (Å²) in [6, 6.07) is 9.59. The van der Waals surface area contributed by atoms with Crippen molar-refractivity contribution >= 4 is 11.9 Å². The molecule has 1 aliphatic carbocycles. The summed E-state index contributed by atoms with van der Waals surface area (Å²) < 4.78 is 5.33. The Kier molecular flexibility index (Phi) is 3.01. The average molecular weight is 259 g/mol. The summed E-state index contributed by atoms with van der Waals surface area (Å²) in [6.45, 7) is 0.480. The van der Waals surface area contributed by atoms with Gasteiger partial charge in [-0.05, 0) is 24.8 Å². The average Bonchev–Trinajstić information content (AvgIpc) is 2.75. The lowest BCUT2D eigenvalue weighted by molar-refractivity contribution is -0.117. The summed E-state index contributed by atoms with van der Waals surface area (Å²) in [7, 11) is 0. The van der Waals surface area contributed by atoms with Gasteiger partial charge in [0.1, 0.15) is 6.61 Å². The molecule has 100 valence electrons. The highest BCUT2D eigenvalue weighted by molar-refractivity contribution is 5.89. The zero-order valence-electron chi connectivity index (χ0n) is 10.8. The van der Waals surface area contributed by atoms with Crippen LogP contribution in [0.4, 0.5) is 4.79 Å². The Morgan fingerprint density at radius 2 is 2.00 bits per heavy atom. The number of benzene rings is 1. The molecule has 1 spiro atoms. The Bertz CT molecular complexity index is 493. The molecule has 0 atom stereocenters. The highest BCUT2D eigenvalue weighted by Gasteiger charge is 2.51. The molecule has 1 saturated heterocycles. The summed E-state index contributed by atoms with van der Waals surface area (Å²) >= 11 is 0. The number of likely N-dealkylation sites (tertiary alicyclic amines) is 1. The summed E-state index contributed by atoms with van der Waals surface area (Å²) in [6.07, 6.45) is 3.11. The first-order chi connectivity index (χ1) is 9.20. The lowest BCUT2D eigenvalue weighted by Crippen LogP contribution is -2.52. The molecule has 0 radical (unpaired) electrons. The van der Waals surface area contributed by atoms with Crippen LogP contribution in [-0.4, -0.2) is 28.9 Å². The van der Waals surface area contributed by atoms with Crippen LogP contribution in [0.3, 0.4) is 0 Å². The summed E-state index contributed by atoms with van der Waals surface area (Å²) in [5, 5.41) is 0. The molecule has 3 rings (SSSR count). The first-order valence-electron chi connectivity index (χ1n) is 6.70. The van der Waals surface area contributed by atoms with E-state index in [0.717, 1.165) is 24.8 Å². The van der Waals surface area contributed by atoms with Gasteiger partial charge >= 0.3 is 6.09 Å². The van der Waals surface area contributed by atoms with Gasteiger partial charge in [-0.2, -0.15) is 0 Å². The number of nitrogens with zero attached hydrogens (tertiary/aromatic N) is 1. The second-order valence-electron chi connectivity index (χ2n) is 5.42. The zero-order valence-corrected chi connectivity index (χ0v) is 10.8. The second kappa shape index (κ2) is 4.68. The maximum atomic E-state index is 12.1. The maximum Gasteiger partial charge on any atom is 0.410 e. The minimum atomic E-state index is -0.352. The van der Waals surface area contributed by atoms with Crippen LogP contribution in [0, 0.1) is 0 Å². The van der Waals surface area contributed by atoms with E-state index in [1.807, 2.05) is 30.3 Å². The number of ether oxygens (including phenoxy) is 1. The monoisotopic (exact) mass is 259 g/mol. The van der Waals surface area contributed by atoms with Crippen LogP contribution in [0.5, 0.6) is 0 Å². The van der Waals surface area contributed by atoms with Gasteiger partial charge in [0.25, 0.3) is 0 Å². The van der Waals surface area contributed by atoms with E-state index in [1.54, 1.807) is 4.90 Å². The van der Waals surface area contributed by atoms with E-state index in [-0.39, 0.29) is 30.6 Å². The first kappa shape index (κ1) is 12.2. The third-order valence-corrected chi connectivity index (χ3v) is 4.14. The van der Waals surface area contributed by atoms with Crippen LogP contribution in [0.25, 0.3) is 0 Å². The number of rotatable bonds is 2. The van der Waals surface area contributed by atoms with E-state index >= 15 is 0 Å². The molecule has 2 aliphatic rings. The van der Waals surface area contributed by atoms with E-state index in [1.165, 1.54) is 0 Å². The molecule has 4 nitrogen and oxygen atoms in total. The molecule has 0 N–H and O–H groups in total. The number of amides is 1. The molecule has 1 heterocycles. The molecule has 1 aliphatic heterocycles. The maximum absolute atomic E-state index is 12.1. The number of ketones is 1. The molecule has 1 amide bonds. The largest absolute Gasteiger partial charge is 0.445 e. The fourth-order valence-electron chi connectivity index (χ4n) is 2.95. The Hall–Kier alpha value is -1.84. The first-order valence-corrected chi connectivity index (χ1v) is 6.70. The van der Waals surface area contributed by atoms with Crippen molar-refractivity contribution < 1.29 is 14.3 Å². The third-order valence-electron chi connectivity index (χ3n) is 4.14. The molecule has 1 saturated carbocycles. The molecule has 4 heteroatoms. The van der Waals surface area contributed by atoms with Gasteiger partial charge in [-0.3, -0.25) is 9.69 Å². The normalized spacial score (nSPS) is 20.4. The molecule has 2 fully saturated rings. The van der Waals surface area contributed by atoms with Crippen molar-refractivity contribution in [1.82, 2.24) is 4.90 Å². The van der Waals surface area contributed by atoms with E-state index in [9.17, 15) is 9.59 Å². The summed E-state index contributed by atoms with van der Waals surface area (Å²) in [5.74, 6) is 0.149. The lowest BCUT2D eigenvalue weighted by Gasteiger charge is -2.44. The quantitative estimate of drug-likeness (QED) is 0.820. The molecular weight excluding hydrogens is 242 g/mol. The lowest BCUT2D eigenvalue weighted by atomic mass is 9.75. The Morgan fingerprint density at radius 3 is 2.63 bits per heavy atom. The van der Waals surface area contributed by atoms with Gasteiger partial charge in [-0.15, -0.1) is 0 Å². The third kappa shape index (κ3) is 2.23. The van der Waals surface area contributed by atoms with Crippen molar-refractivity contribution in [1.29, 1.82) is 0 Å². The fourth-order valence-corrected chi connectivity index (χ4v) is 2.95. The summed E-state index contributed by atoms with van der Waals surface area (Å²) in [5.41, 5.74) is 0.745. The van der Waals surface area contributed by atoms with Crippen molar-refractivity contribution in [2.45, 2.75) is 37.8 Å². The standard InChI is InChI=1S/C15H17NO3/c17-13-9-15(7-4-8-15)16(10-13)14(18)19-11-12-5-2-1-3-6-12/h1-3,5-6H,4,7-11H2. The van der Waals surface area contributed by atoms with Gasteiger partial charge in [0, 0.05) is 6.42 Å². The van der Waals surface area contributed by atoms with Gasteiger partial charge < -0.3 is 4.74 Å². The van der Waals surface area contributed by atoms with Gasteiger partial charge in [0.15, 0.2) is 5.78 Å². The number of hydrogen-bond acceptors (Lipinski definition) is 3. The van der Waals surface area contributed by atoms with Crippen molar-refractivity contribution in [3.05, 3.63) is 35.9 Å². The Balaban J connectivity index is 1.63. The second-order valence-corrected chi connectivity index (χ2v) is 5.42. The van der Waals surface area contributed by atoms with Crippen LogP contribution >= 0.6 is 0 Å². The number of carbonyl (C=O) groups excluding carboxylic acids is 2. The van der Waals surface area contributed by atoms with Crippen LogP contribution in [0.1, 0.15) is 31.2 Å². The number of carbonyl (C=O) groups is 2. The van der Waals surface area contributed by atoms with E-state index in [4.69, 9.17) is 4.74 Å². The smallest absolute Gasteiger partial charge is 0.410 e. The van der Waals surface area contributed by atoms with Crippen molar-refractivity contribution in [2.24, 2.45) is 0 Å². The van der Waals surface area contributed by atoms with Crippen molar-refractivity contribution in [2.75, 3.05) is 6.54 Å². The molecular formula is C15H17NO3. The van der Waals surface area contributed by atoms with E-state index in [2.05, 4.69) is 0 Å². The summed E-state index contributed by atoms with van der Waals surface area (Å²) in [4.78, 5) is 25.4. The van der Waals surface area contributed by atoms with Gasteiger partial charge in [0.05, 0.1) is 12.1 Å². The minimum Gasteiger partial charge on any atom is -0.445 e. The predicted octanol–water partition coefficient (Wildman–Crippen LogP) is 2.52. The van der Waals surface area contributed by atoms with Gasteiger partial charge in [0.2, 0.25) is 0 Å². The van der Waals surface area contributed by atoms with Crippen LogP contribution in [0.2, 0.25) is 0 Å². The highest BCUT2D eigenvalue weighted by atomic mass is 16.6. The molecule has 1 aromatic carbocycles. The number of hydrogen-bond donors (Lipinski definition) is 0. The fraction of sp³-hybridized carbons (Fsp3) is 0.467. The van der Waals surface area contributed by atoms with Gasteiger partial charge in [-0.25, -0.2) is 4.79 Å². The molecule has 0 aromatic heterocycles. The Labute approximate surface area is 112 Å². The topological polar surface area (TPSA) is 46.6 Å². The highest BCUT2D eigenvalue weighted by Crippen LogP contribution is 2.44. The Morgan fingerprint density at radius 1 is 1.26 bits per heavy atom. The molecule has 0 unspecified atom stereocenters. The van der Waals surface area contributed by atoms with Gasteiger partial charge in [-0.1, -0.05) is 30.3 Å². The van der Waals surface area contributed by atoms with Crippen LogP contribution in [0.15, 0.2) is 30.3 Å². The van der Waals surface area contributed by atoms with Crippen LogP contribution in [-0.2, 0) is 16.1 Å². The zero-order chi connectivity index (χ0) is 13.3. The van der Waals surface area contributed by atoms with Crippen molar-refractivity contribution in [3.63, 3.8) is 0 Å². The van der Waals surface area contributed by atoms with Crippen LogP contribution < -0.4 is 0 Å². The van der Waals surface area contributed by atoms with E-state index in [0.29, 0.717) is 6.42 Å². The molecule has 19 heavy (non-hydrogen) atoms. The number of Topliss-reactive ketones (excluding diaryl/α,β-unsaturated/α-hetero) is 1. The molecule has 1 aromatic rings. The minimum absolute atomic E-state index is 0.149.